The van der Waals surface area contributed by atoms with Crippen LogP contribution in [0.5, 0.6) is 5.75 Å². The molecule has 7 heteroatoms. The maximum absolute atomic E-state index is 14.3. The summed E-state index contributed by atoms with van der Waals surface area (Å²) in [5, 5.41) is 8.68. The van der Waals surface area contributed by atoms with E-state index in [-0.39, 0.29) is 11.1 Å². The van der Waals surface area contributed by atoms with E-state index in [1.54, 1.807) is 0 Å². The van der Waals surface area contributed by atoms with Gasteiger partial charge in [-0.1, -0.05) is 31.6 Å². The molecule has 0 aliphatic carbocycles. The Kier molecular flexibility index (Phi) is 8.05. The van der Waals surface area contributed by atoms with Crippen LogP contribution in [0, 0.1) is 46.4 Å². The molecule has 34 heavy (non-hydrogen) atoms. The summed E-state index contributed by atoms with van der Waals surface area (Å²) in [6.45, 7) is 2.05. The van der Waals surface area contributed by atoms with Gasteiger partial charge in [0.2, 0.25) is 0 Å². The van der Waals surface area contributed by atoms with Crippen molar-refractivity contribution in [2.45, 2.75) is 32.6 Å². The maximum atomic E-state index is 14.3. The summed E-state index contributed by atoms with van der Waals surface area (Å²) in [5.74, 6) is 0.0698. The van der Waals surface area contributed by atoms with E-state index in [4.69, 9.17) is 10.00 Å². The number of hydrogen-bond acceptors (Lipinski definition) is 3. The van der Waals surface area contributed by atoms with Gasteiger partial charge in [0.05, 0.1) is 11.1 Å². The lowest BCUT2D eigenvalue weighted by atomic mass is 10.0. The molecule has 0 heterocycles. The Morgan fingerprint density at radius 2 is 1.44 bits per heavy atom. The van der Waals surface area contributed by atoms with Crippen molar-refractivity contribution in [2.75, 3.05) is 0 Å². The van der Waals surface area contributed by atoms with E-state index in [0.29, 0.717) is 17.5 Å². The second-order valence-electron chi connectivity index (χ2n) is 7.48. The molecular formula is C27H19F4NO2. The van der Waals surface area contributed by atoms with Gasteiger partial charge in [0, 0.05) is 17.7 Å². The van der Waals surface area contributed by atoms with Gasteiger partial charge < -0.3 is 4.74 Å². The van der Waals surface area contributed by atoms with Gasteiger partial charge in [0.15, 0.2) is 0 Å². The third kappa shape index (κ3) is 6.02. The van der Waals surface area contributed by atoms with Crippen LogP contribution in [-0.2, 0) is 6.42 Å². The van der Waals surface area contributed by atoms with Crippen LogP contribution >= 0.6 is 0 Å². The van der Waals surface area contributed by atoms with Gasteiger partial charge in [-0.15, -0.1) is 0 Å². The number of nitriles is 1. The number of ether oxygens (including phenoxy) is 1. The quantitative estimate of drug-likeness (QED) is 0.138. The second-order valence-corrected chi connectivity index (χ2v) is 7.48. The largest absolute Gasteiger partial charge is 0.423 e. The summed E-state index contributed by atoms with van der Waals surface area (Å²) in [5.41, 5.74) is -0.0874. The fourth-order valence-electron chi connectivity index (χ4n) is 3.17. The average molecular weight is 465 g/mol. The van der Waals surface area contributed by atoms with Crippen molar-refractivity contribution < 1.29 is 27.1 Å². The van der Waals surface area contributed by atoms with Crippen molar-refractivity contribution in [2.24, 2.45) is 0 Å². The van der Waals surface area contributed by atoms with Crippen molar-refractivity contribution in [3.8, 4) is 23.7 Å². The number of halogens is 4. The molecule has 0 fully saturated rings. The molecule has 0 amide bonds. The van der Waals surface area contributed by atoms with E-state index in [1.807, 2.05) is 6.92 Å². The molecule has 3 aromatic carbocycles. The van der Waals surface area contributed by atoms with Crippen molar-refractivity contribution in [3.05, 3.63) is 99.6 Å². The molecule has 172 valence electrons. The predicted octanol–water partition coefficient (Wildman–Crippen LogP) is 6.47. The fourth-order valence-corrected chi connectivity index (χ4v) is 3.17. The molecule has 0 spiro atoms. The third-order valence-electron chi connectivity index (χ3n) is 4.96. The first-order valence-corrected chi connectivity index (χ1v) is 10.5. The van der Waals surface area contributed by atoms with Gasteiger partial charge in [0.25, 0.3) is 0 Å². The molecule has 0 unspecified atom stereocenters. The minimum atomic E-state index is -1.15. The van der Waals surface area contributed by atoms with E-state index in [0.717, 1.165) is 31.4 Å². The molecule has 0 atom stereocenters. The summed E-state index contributed by atoms with van der Waals surface area (Å²) in [7, 11) is 0. The monoisotopic (exact) mass is 465 g/mol. The van der Waals surface area contributed by atoms with Crippen molar-refractivity contribution in [3.63, 3.8) is 0 Å². The second kappa shape index (κ2) is 11.2. The summed E-state index contributed by atoms with van der Waals surface area (Å²) in [4.78, 5) is 12.2. The van der Waals surface area contributed by atoms with Gasteiger partial charge in [0.1, 0.15) is 40.7 Å². The van der Waals surface area contributed by atoms with Crippen LogP contribution in [0.2, 0.25) is 0 Å². The molecule has 0 N–H and O–H groups in total. The van der Waals surface area contributed by atoms with Crippen LogP contribution in [0.15, 0.2) is 48.5 Å². The molecule has 0 radical (unpaired) electrons. The van der Waals surface area contributed by atoms with E-state index in [1.165, 1.54) is 42.5 Å². The van der Waals surface area contributed by atoms with Crippen LogP contribution in [0.4, 0.5) is 17.6 Å². The SMILES string of the molecule is CCCCCc1cc(F)c(C#Cc2ccc(C(=O)Oc3cc(F)c(C#N)c(F)c3)cc2)c(F)c1. The first-order valence-electron chi connectivity index (χ1n) is 10.5. The molecule has 0 saturated carbocycles. The van der Waals surface area contributed by atoms with Crippen molar-refractivity contribution in [1.82, 2.24) is 0 Å². The lowest BCUT2D eigenvalue weighted by Crippen LogP contribution is -2.09. The molecule has 0 aromatic heterocycles. The van der Waals surface area contributed by atoms with Gasteiger partial charge in [-0.25, -0.2) is 22.4 Å². The highest BCUT2D eigenvalue weighted by Gasteiger charge is 2.15. The number of rotatable bonds is 6. The minimum Gasteiger partial charge on any atom is -0.423 e. The Hall–Kier alpha value is -4.10. The van der Waals surface area contributed by atoms with Gasteiger partial charge in [-0.05, 0) is 54.8 Å². The van der Waals surface area contributed by atoms with Crippen LogP contribution in [-0.4, -0.2) is 5.97 Å². The lowest BCUT2D eigenvalue weighted by Gasteiger charge is -2.06. The number of carbonyl (C=O) groups is 1. The zero-order chi connectivity index (χ0) is 24.7. The summed E-state index contributed by atoms with van der Waals surface area (Å²) in [6.07, 6.45) is 3.44. The van der Waals surface area contributed by atoms with Crippen LogP contribution < -0.4 is 4.74 Å². The highest BCUT2D eigenvalue weighted by molar-refractivity contribution is 5.91. The number of hydrogen-bond donors (Lipinski definition) is 0. The van der Waals surface area contributed by atoms with Gasteiger partial charge >= 0.3 is 5.97 Å². The van der Waals surface area contributed by atoms with E-state index >= 15 is 0 Å². The summed E-state index contributed by atoms with van der Waals surface area (Å²) in [6, 6.07) is 11.0. The smallest absolute Gasteiger partial charge is 0.343 e. The Balaban J connectivity index is 1.71. The average Bonchev–Trinajstić information content (AvgIpc) is 2.79. The zero-order valence-electron chi connectivity index (χ0n) is 18.2. The Morgan fingerprint density at radius 3 is 2.00 bits per heavy atom. The van der Waals surface area contributed by atoms with Crippen LogP contribution in [0.3, 0.4) is 0 Å². The number of nitrogens with zero attached hydrogens (tertiary/aromatic N) is 1. The highest BCUT2D eigenvalue weighted by Crippen LogP contribution is 2.21. The minimum absolute atomic E-state index is 0.0597. The molecule has 3 nitrogen and oxygen atoms in total. The number of benzene rings is 3. The number of esters is 1. The highest BCUT2D eigenvalue weighted by atomic mass is 19.1. The summed E-state index contributed by atoms with van der Waals surface area (Å²) >= 11 is 0. The Bertz CT molecular complexity index is 1270. The third-order valence-corrected chi connectivity index (χ3v) is 4.96. The number of unbranched alkanes of at least 4 members (excludes halogenated alkanes) is 2. The summed E-state index contributed by atoms with van der Waals surface area (Å²) < 4.78 is 60.9. The van der Waals surface area contributed by atoms with Crippen molar-refractivity contribution >= 4 is 5.97 Å². The number of carbonyl (C=O) groups excluding carboxylic acids is 1. The number of aryl methyl sites for hydroxylation is 1. The fraction of sp³-hybridized carbons (Fsp3) is 0.185. The normalized spacial score (nSPS) is 10.2. The molecule has 3 rings (SSSR count). The molecule has 0 aliphatic rings. The predicted molar refractivity (Wildman–Crippen MR) is 118 cm³/mol. The topological polar surface area (TPSA) is 50.1 Å². The van der Waals surface area contributed by atoms with E-state index in [2.05, 4.69) is 11.8 Å². The Labute approximate surface area is 194 Å². The lowest BCUT2D eigenvalue weighted by molar-refractivity contribution is 0.0734. The Morgan fingerprint density at radius 1 is 0.853 bits per heavy atom. The first-order chi connectivity index (χ1) is 16.3. The standard InChI is InChI=1S/C27H19F4NO2/c1-2-3-4-5-18-12-23(28)21(24(29)13-18)11-8-17-6-9-19(10-7-17)27(33)34-20-14-25(30)22(16-32)26(31)15-20/h6-7,9-10,12-15H,2-5H2,1H3. The van der Waals surface area contributed by atoms with E-state index < -0.39 is 40.6 Å². The van der Waals surface area contributed by atoms with Crippen LogP contribution in [0.1, 0.15) is 58.8 Å². The molecular weight excluding hydrogens is 446 g/mol. The van der Waals surface area contributed by atoms with Gasteiger partial charge in [-0.2, -0.15) is 5.26 Å². The first kappa shape index (κ1) is 24.5. The van der Waals surface area contributed by atoms with Crippen LogP contribution in [0.25, 0.3) is 0 Å². The van der Waals surface area contributed by atoms with E-state index in [9.17, 15) is 22.4 Å². The molecule has 0 aliphatic heterocycles. The molecule has 0 saturated heterocycles. The molecule has 3 aromatic rings. The molecule has 0 bridgehead atoms. The van der Waals surface area contributed by atoms with Gasteiger partial charge in [-0.3, -0.25) is 0 Å². The van der Waals surface area contributed by atoms with Crippen molar-refractivity contribution in [1.29, 1.82) is 5.26 Å². The maximum Gasteiger partial charge on any atom is 0.343 e. The zero-order valence-corrected chi connectivity index (χ0v) is 18.2.